The molecule has 4 aliphatic rings. The van der Waals surface area contributed by atoms with Gasteiger partial charge in [0.25, 0.3) is 11.8 Å². The molecule has 2 saturated heterocycles. The second-order valence-corrected chi connectivity index (χ2v) is 21.0. The summed E-state index contributed by atoms with van der Waals surface area (Å²) in [6, 6.07) is 25.6. The minimum Gasteiger partial charge on any atom is -0.347 e. The first-order valence-corrected chi connectivity index (χ1v) is 27.7. The van der Waals surface area contributed by atoms with Crippen LogP contribution in [0.15, 0.2) is 109 Å². The molecule has 80 heavy (non-hydrogen) atoms. The van der Waals surface area contributed by atoms with E-state index < -0.39 is 72.0 Å². The number of amides is 8. The minimum atomic E-state index is -1.24. The molecule has 0 bridgehead atoms. The molecule has 0 unspecified atom stereocenters. The Morgan fingerprint density at radius 2 is 0.887 bits per heavy atom. The number of hydrogen-bond acceptors (Lipinski definition) is 10. The van der Waals surface area contributed by atoms with Crippen LogP contribution >= 0.6 is 0 Å². The summed E-state index contributed by atoms with van der Waals surface area (Å²) in [6.07, 6.45) is 4.76. The van der Waals surface area contributed by atoms with Gasteiger partial charge in [0.15, 0.2) is 0 Å². The number of carbonyl (C=O) groups excluding carboxylic acids is 8. The first kappa shape index (κ1) is 57.8. The first-order chi connectivity index (χ1) is 38.7. The molecule has 8 rings (SSSR count). The van der Waals surface area contributed by atoms with Crippen LogP contribution < -0.4 is 42.5 Å². The van der Waals surface area contributed by atoms with E-state index in [0.29, 0.717) is 24.0 Å². The molecular formula is C62H72N10O8. The lowest BCUT2D eigenvalue weighted by Gasteiger charge is -2.31. The number of likely N-dealkylation sites (N-methyl/N-ethyl adjacent to an activating group) is 2. The molecule has 2 fully saturated rings. The average Bonchev–Trinajstić information content (AvgIpc) is 4.16. The molecule has 8 amide bonds. The SMILES string of the molecule is CN[C@@H](C)C(=O)N[C@@H](CC#CC#CC[C@H](NC(=O)[C@H](C)NC)C(=O)N1C[C@@H](NC(=O)c2ccccc2)C[C@H]1C(=O)N[C@@H]1CCCc2ccccc21)C(=O)N1C[C@@H](NC(=O)c2ccccc2)C[C@H]1C(=O)N[C@@H]1CCCc2ccccc21. The van der Waals surface area contributed by atoms with Crippen LogP contribution in [0.2, 0.25) is 0 Å². The number of carbonyl (C=O) groups is 8. The molecule has 18 nitrogen and oxygen atoms in total. The molecule has 18 heteroatoms. The Balaban J connectivity index is 1.02. The molecule has 0 spiro atoms. The lowest BCUT2D eigenvalue weighted by Crippen LogP contribution is -2.55. The summed E-state index contributed by atoms with van der Waals surface area (Å²) < 4.78 is 0. The van der Waals surface area contributed by atoms with E-state index in [1.165, 1.54) is 9.80 Å². The van der Waals surface area contributed by atoms with Crippen LogP contribution in [0, 0.1) is 23.7 Å². The number of likely N-dealkylation sites (tertiary alicyclic amines) is 2. The summed E-state index contributed by atoms with van der Waals surface area (Å²) in [5.41, 5.74) is 5.19. The maximum absolute atomic E-state index is 14.8. The normalized spacial score (nSPS) is 21.4. The Labute approximate surface area is 468 Å². The number of nitrogens with one attached hydrogen (secondary N) is 8. The highest BCUT2D eigenvalue weighted by molar-refractivity contribution is 5.97. The Morgan fingerprint density at radius 3 is 1.27 bits per heavy atom. The summed E-state index contributed by atoms with van der Waals surface area (Å²) in [7, 11) is 3.22. The van der Waals surface area contributed by atoms with Gasteiger partial charge in [0, 0.05) is 49.1 Å². The number of hydrogen-bond donors (Lipinski definition) is 8. The summed E-state index contributed by atoms with van der Waals surface area (Å²) in [4.78, 5) is 115. The lowest BCUT2D eigenvalue weighted by atomic mass is 9.87. The second-order valence-electron chi connectivity index (χ2n) is 21.0. The topological polar surface area (TPSA) is 239 Å². The Hall–Kier alpha value is -8.32. The van der Waals surface area contributed by atoms with Crippen LogP contribution in [0.5, 0.6) is 0 Å². The summed E-state index contributed by atoms with van der Waals surface area (Å²) in [6.45, 7) is 3.25. The highest BCUT2D eigenvalue weighted by Gasteiger charge is 2.45. The van der Waals surface area contributed by atoms with Crippen LogP contribution in [0.1, 0.15) is 120 Å². The van der Waals surface area contributed by atoms with E-state index >= 15 is 0 Å². The number of nitrogens with zero attached hydrogens (tertiary/aromatic N) is 2. The molecule has 2 heterocycles. The molecule has 0 radical (unpaired) electrons. The fraction of sp³-hybridized carbons (Fsp3) is 0.419. The predicted molar refractivity (Wildman–Crippen MR) is 302 cm³/mol. The molecule has 0 aromatic heterocycles. The van der Waals surface area contributed by atoms with Crippen LogP contribution in [0.3, 0.4) is 0 Å². The van der Waals surface area contributed by atoms with Crippen LogP contribution in [-0.2, 0) is 41.6 Å². The van der Waals surface area contributed by atoms with E-state index in [1.807, 2.05) is 36.4 Å². The van der Waals surface area contributed by atoms with Gasteiger partial charge in [0.05, 0.1) is 24.2 Å². The van der Waals surface area contributed by atoms with Gasteiger partial charge in [-0.15, -0.1) is 0 Å². The van der Waals surface area contributed by atoms with E-state index in [9.17, 15) is 38.4 Å². The summed E-state index contributed by atoms with van der Waals surface area (Å²) in [5.74, 6) is 7.72. The minimum absolute atomic E-state index is 0.0144. The standard InChI is InChI=1S/C62H72N10O8/c1-39(63-3)55(73)69-51(61(79)71-37-45(65-57(75)43-23-9-7-10-24-43)35-53(71)59(77)67-49-33-19-27-41-21-15-17-29-47(41)49)31-13-5-6-14-32-52(70-56(74)40(2)64-4)62(80)72-38-46(66-58(76)44-25-11-8-12-26-44)36-54(72)60(78)68-50-34-20-28-42-22-16-18-30-48(42)50/h7-12,15-18,21-26,29-30,39-40,45-46,49-54,63-64H,19-20,27-28,31-38H2,1-4H3,(H,65,75)(H,66,76)(H,67,77)(H,68,78)(H,69,73)(H,70,74)/t39-,40-,45-,46-,49+,50+,51-,52-,53-,54-/m0/s1. The fourth-order valence-electron chi connectivity index (χ4n) is 11.0. The number of fused-ring (bicyclic) bond motifs is 2. The second kappa shape index (κ2) is 27.5. The third-order valence-electron chi connectivity index (χ3n) is 15.6. The maximum atomic E-state index is 14.8. The van der Waals surface area contributed by atoms with Gasteiger partial charge in [0.1, 0.15) is 24.2 Å². The van der Waals surface area contributed by atoms with Crippen molar-refractivity contribution in [1.29, 1.82) is 0 Å². The molecule has 418 valence electrons. The quantitative estimate of drug-likeness (QED) is 0.0678. The van der Waals surface area contributed by atoms with Crippen molar-refractivity contribution in [2.75, 3.05) is 27.2 Å². The van der Waals surface area contributed by atoms with Crippen molar-refractivity contribution in [1.82, 2.24) is 52.3 Å². The van der Waals surface area contributed by atoms with Gasteiger partial charge in [-0.2, -0.15) is 0 Å². The lowest BCUT2D eigenvalue weighted by molar-refractivity contribution is -0.141. The van der Waals surface area contributed by atoms with Crippen LogP contribution in [0.25, 0.3) is 0 Å². The van der Waals surface area contributed by atoms with Crippen molar-refractivity contribution in [3.63, 3.8) is 0 Å². The zero-order valence-electron chi connectivity index (χ0n) is 45.8. The van der Waals surface area contributed by atoms with Crippen molar-refractivity contribution in [3.8, 4) is 23.7 Å². The van der Waals surface area contributed by atoms with E-state index in [2.05, 4.69) is 78.3 Å². The van der Waals surface area contributed by atoms with Gasteiger partial charge in [-0.3, -0.25) is 38.4 Å². The largest absolute Gasteiger partial charge is 0.347 e. The average molecular weight is 1090 g/mol. The molecule has 4 aromatic carbocycles. The van der Waals surface area contributed by atoms with E-state index in [-0.39, 0.29) is 74.5 Å². The zero-order chi connectivity index (χ0) is 56.7. The molecular weight excluding hydrogens is 1010 g/mol. The van der Waals surface area contributed by atoms with Crippen molar-refractivity contribution in [2.45, 2.75) is 138 Å². The van der Waals surface area contributed by atoms with Gasteiger partial charge in [-0.05, 0) is 138 Å². The van der Waals surface area contributed by atoms with Gasteiger partial charge < -0.3 is 52.3 Å². The predicted octanol–water partition coefficient (Wildman–Crippen LogP) is 3.15. The zero-order valence-corrected chi connectivity index (χ0v) is 45.8. The monoisotopic (exact) mass is 1080 g/mol. The summed E-state index contributed by atoms with van der Waals surface area (Å²) >= 11 is 0. The molecule has 2 aliphatic heterocycles. The molecule has 4 aromatic rings. The van der Waals surface area contributed by atoms with Crippen molar-refractivity contribution in [2.24, 2.45) is 0 Å². The number of aryl methyl sites for hydroxylation is 2. The Kier molecular flexibility index (Phi) is 19.9. The van der Waals surface area contributed by atoms with Gasteiger partial charge in [-0.1, -0.05) is 96.8 Å². The molecule has 10 atom stereocenters. The number of benzene rings is 4. The summed E-state index contributed by atoms with van der Waals surface area (Å²) in [5, 5.41) is 23.8. The van der Waals surface area contributed by atoms with E-state index in [1.54, 1.807) is 88.6 Å². The Morgan fingerprint density at radius 1 is 0.512 bits per heavy atom. The fourth-order valence-corrected chi connectivity index (χ4v) is 11.0. The van der Waals surface area contributed by atoms with Gasteiger partial charge in [-0.25, -0.2) is 0 Å². The van der Waals surface area contributed by atoms with Crippen LogP contribution in [-0.4, -0.2) is 133 Å². The first-order valence-electron chi connectivity index (χ1n) is 27.7. The van der Waals surface area contributed by atoms with Crippen LogP contribution in [0.4, 0.5) is 0 Å². The smallest absolute Gasteiger partial charge is 0.251 e. The highest BCUT2D eigenvalue weighted by atomic mass is 16.2. The molecule has 8 N–H and O–H groups in total. The third-order valence-corrected chi connectivity index (χ3v) is 15.6. The van der Waals surface area contributed by atoms with Crippen molar-refractivity contribution in [3.05, 3.63) is 143 Å². The molecule has 2 aliphatic carbocycles. The van der Waals surface area contributed by atoms with Gasteiger partial charge in [0.2, 0.25) is 35.4 Å². The Bertz CT molecular complexity index is 2840. The third kappa shape index (κ3) is 14.5. The van der Waals surface area contributed by atoms with E-state index in [0.717, 1.165) is 47.9 Å². The molecule has 0 saturated carbocycles. The highest BCUT2D eigenvalue weighted by Crippen LogP contribution is 2.32. The van der Waals surface area contributed by atoms with E-state index in [4.69, 9.17) is 0 Å². The number of rotatable bonds is 18. The maximum Gasteiger partial charge on any atom is 0.251 e. The van der Waals surface area contributed by atoms with Gasteiger partial charge >= 0.3 is 0 Å². The van der Waals surface area contributed by atoms with Crippen molar-refractivity contribution < 1.29 is 38.4 Å². The van der Waals surface area contributed by atoms with Crippen molar-refractivity contribution >= 4 is 47.3 Å².